The average molecular weight is 556 g/mol. The number of aryl methyl sites for hydroxylation is 1. The van der Waals surface area contributed by atoms with Crippen molar-refractivity contribution in [1.82, 2.24) is 20.6 Å². The molecule has 1 aromatic heterocycles. The Morgan fingerprint density at radius 2 is 1.71 bits per heavy atom. The second-order valence-corrected chi connectivity index (χ2v) is 10.8. The molecular formula is C32H37N5O4. The zero-order valence-corrected chi connectivity index (χ0v) is 23.6. The van der Waals surface area contributed by atoms with Crippen LogP contribution in [0.4, 0.5) is 5.82 Å². The summed E-state index contributed by atoms with van der Waals surface area (Å²) in [5, 5.41) is 6.00. The van der Waals surface area contributed by atoms with E-state index >= 15 is 0 Å². The molecule has 1 saturated heterocycles. The summed E-state index contributed by atoms with van der Waals surface area (Å²) in [5.74, 6) is 1.62. The maximum Gasteiger partial charge on any atom is 0.251 e. The van der Waals surface area contributed by atoms with Gasteiger partial charge in [0.1, 0.15) is 24.0 Å². The van der Waals surface area contributed by atoms with Gasteiger partial charge in [-0.05, 0) is 55.4 Å². The fraction of sp³-hybridized carbons (Fsp3) is 0.406. The number of benzene rings is 2. The first-order chi connectivity index (χ1) is 20.0. The number of ether oxygens (including phenoxy) is 1. The Morgan fingerprint density at radius 1 is 1.00 bits per heavy atom. The largest absolute Gasteiger partial charge is 0.383 e. The first-order valence-corrected chi connectivity index (χ1v) is 14.3. The Bertz CT molecular complexity index is 1380. The minimum absolute atomic E-state index is 0.00527. The molecule has 3 atom stereocenters. The van der Waals surface area contributed by atoms with Crippen molar-refractivity contribution in [2.75, 3.05) is 25.2 Å². The van der Waals surface area contributed by atoms with E-state index in [1.54, 1.807) is 31.4 Å². The predicted octanol–water partition coefficient (Wildman–Crippen LogP) is 4.09. The normalized spacial score (nSPS) is 19.9. The van der Waals surface area contributed by atoms with E-state index in [0.717, 1.165) is 48.9 Å². The van der Waals surface area contributed by atoms with Gasteiger partial charge in [-0.15, -0.1) is 0 Å². The number of carbonyl (C=O) groups excluding carboxylic acids is 3. The number of aromatic nitrogens is 2. The highest BCUT2D eigenvalue weighted by Gasteiger charge is 2.45. The number of amides is 2. The number of fused-ring (bicyclic) bond motifs is 1. The molecule has 0 unspecified atom stereocenters. The summed E-state index contributed by atoms with van der Waals surface area (Å²) < 4.78 is 5.11. The van der Waals surface area contributed by atoms with Crippen LogP contribution in [0.25, 0.3) is 11.1 Å². The van der Waals surface area contributed by atoms with Gasteiger partial charge in [-0.2, -0.15) is 0 Å². The van der Waals surface area contributed by atoms with E-state index in [9.17, 15) is 14.4 Å². The monoisotopic (exact) mass is 555 g/mol. The molecule has 9 nitrogen and oxygen atoms in total. The van der Waals surface area contributed by atoms with Crippen molar-refractivity contribution in [3.8, 4) is 11.1 Å². The standard InChI is InChI=1S/C32H37N5O4/c1-21-35-27(19-34-31(39)25-13-11-24(12-14-25)23-9-7-22(20-38)8-10-23)18-30(36-21)37-28-6-4-3-5-26(28)17-29(37)32(40)33-15-16-41-2/h7-14,18,20,26,28-29H,3-6,15-17,19H2,1-2H3,(H,33,40)(H,34,39)/t26-,28-,29-/m0/s1. The van der Waals surface area contributed by atoms with Gasteiger partial charge in [-0.1, -0.05) is 49.2 Å². The molecule has 3 aromatic rings. The number of anilines is 1. The van der Waals surface area contributed by atoms with Gasteiger partial charge in [0.05, 0.1) is 18.8 Å². The maximum absolute atomic E-state index is 13.2. The third-order valence-corrected chi connectivity index (χ3v) is 8.10. The van der Waals surface area contributed by atoms with Crippen LogP contribution in [-0.2, 0) is 16.1 Å². The second-order valence-electron chi connectivity index (χ2n) is 10.8. The summed E-state index contributed by atoms with van der Waals surface area (Å²) in [5.41, 5.74) is 3.80. The van der Waals surface area contributed by atoms with Gasteiger partial charge in [-0.25, -0.2) is 9.97 Å². The van der Waals surface area contributed by atoms with Crippen molar-refractivity contribution in [2.24, 2.45) is 5.92 Å². The minimum Gasteiger partial charge on any atom is -0.383 e. The van der Waals surface area contributed by atoms with Crippen LogP contribution >= 0.6 is 0 Å². The fourth-order valence-electron chi connectivity index (χ4n) is 6.09. The van der Waals surface area contributed by atoms with E-state index in [0.29, 0.717) is 41.7 Å². The molecule has 1 aliphatic heterocycles. The molecule has 5 rings (SSSR count). The number of carbonyl (C=O) groups is 3. The summed E-state index contributed by atoms with van der Waals surface area (Å²) >= 11 is 0. The van der Waals surface area contributed by atoms with Crippen LogP contribution < -0.4 is 15.5 Å². The highest BCUT2D eigenvalue weighted by Crippen LogP contribution is 2.42. The zero-order chi connectivity index (χ0) is 28.8. The van der Waals surface area contributed by atoms with E-state index < -0.39 is 0 Å². The third kappa shape index (κ3) is 6.62. The van der Waals surface area contributed by atoms with Crippen molar-refractivity contribution in [3.05, 3.63) is 77.2 Å². The van der Waals surface area contributed by atoms with Crippen molar-refractivity contribution < 1.29 is 19.1 Å². The first kappa shape index (κ1) is 28.4. The van der Waals surface area contributed by atoms with E-state index in [4.69, 9.17) is 9.72 Å². The molecule has 0 radical (unpaired) electrons. The molecule has 2 aromatic carbocycles. The summed E-state index contributed by atoms with van der Waals surface area (Å²) in [6.07, 6.45) is 6.14. The van der Waals surface area contributed by atoms with Crippen molar-refractivity contribution in [3.63, 3.8) is 0 Å². The van der Waals surface area contributed by atoms with Crippen molar-refractivity contribution in [1.29, 1.82) is 0 Å². The van der Waals surface area contributed by atoms with Crippen LogP contribution in [-0.4, -0.2) is 60.4 Å². The lowest BCUT2D eigenvalue weighted by Crippen LogP contribution is -2.48. The van der Waals surface area contributed by atoms with E-state index in [2.05, 4.69) is 20.5 Å². The second kappa shape index (κ2) is 13.0. The highest BCUT2D eigenvalue weighted by molar-refractivity contribution is 5.94. The van der Waals surface area contributed by atoms with Crippen molar-refractivity contribution in [2.45, 2.75) is 57.7 Å². The Kier molecular flexibility index (Phi) is 9.04. The molecule has 9 heteroatoms. The van der Waals surface area contributed by atoms with Crippen LogP contribution in [0, 0.1) is 12.8 Å². The summed E-state index contributed by atoms with van der Waals surface area (Å²) in [6, 6.07) is 16.6. The molecule has 2 amide bonds. The average Bonchev–Trinajstić information content (AvgIpc) is 3.40. The van der Waals surface area contributed by atoms with Crippen LogP contribution in [0.3, 0.4) is 0 Å². The molecular weight excluding hydrogens is 518 g/mol. The van der Waals surface area contributed by atoms with Gasteiger partial charge in [0.15, 0.2) is 0 Å². The van der Waals surface area contributed by atoms with Gasteiger partial charge < -0.3 is 20.3 Å². The Morgan fingerprint density at radius 3 is 2.41 bits per heavy atom. The molecule has 41 heavy (non-hydrogen) atoms. The van der Waals surface area contributed by atoms with Gasteiger partial charge >= 0.3 is 0 Å². The zero-order valence-electron chi connectivity index (χ0n) is 23.6. The Hall–Kier alpha value is -4.11. The minimum atomic E-state index is -0.287. The molecule has 2 N–H and O–H groups in total. The number of nitrogens with one attached hydrogen (secondary N) is 2. The van der Waals surface area contributed by atoms with Crippen LogP contribution in [0.1, 0.15) is 64.3 Å². The molecule has 2 fully saturated rings. The quantitative estimate of drug-likeness (QED) is 0.286. The fourth-order valence-corrected chi connectivity index (χ4v) is 6.09. The number of nitrogens with zero attached hydrogens (tertiary/aromatic N) is 3. The Labute approximate surface area is 240 Å². The first-order valence-electron chi connectivity index (χ1n) is 14.3. The van der Waals surface area contributed by atoms with E-state index in [-0.39, 0.29) is 30.4 Å². The van der Waals surface area contributed by atoms with Crippen LogP contribution in [0.15, 0.2) is 54.6 Å². The number of aldehydes is 1. The predicted molar refractivity (Wildman–Crippen MR) is 157 cm³/mol. The number of hydrogen-bond acceptors (Lipinski definition) is 7. The van der Waals surface area contributed by atoms with Crippen LogP contribution in [0.5, 0.6) is 0 Å². The molecule has 0 bridgehead atoms. The lowest BCUT2D eigenvalue weighted by atomic mass is 9.84. The van der Waals surface area contributed by atoms with E-state index in [1.165, 1.54) is 6.42 Å². The van der Waals surface area contributed by atoms with Gasteiger partial charge in [0.2, 0.25) is 5.91 Å². The lowest BCUT2D eigenvalue weighted by molar-refractivity contribution is -0.122. The number of methoxy groups -OCH3 is 1. The van der Waals surface area contributed by atoms with Crippen molar-refractivity contribution >= 4 is 23.9 Å². The topological polar surface area (TPSA) is 114 Å². The smallest absolute Gasteiger partial charge is 0.251 e. The van der Waals surface area contributed by atoms with Crippen LogP contribution in [0.2, 0.25) is 0 Å². The SMILES string of the molecule is COCCNC(=O)[C@@H]1C[C@@H]2CCCC[C@@H]2N1c1cc(CNC(=O)c2ccc(-c3ccc(C=O)cc3)cc2)nc(C)n1. The molecule has 0 spiro atoms. The van der Waals surface area contributed by atoms with Gasteiger partial charge in [0.25, 0.3) is 5.91 Å². The number of rotatable bonds is 10. The summed E-state index contributed by atoms with van der Waals surface area (Å²) in [6.45, 7) is 3.04. The molecule has 2 aliphatic rings. The molecule has 214 valence electrons. The third-order valence-electron chi connectivity index (χ3n) is 8.10. The van der Waals surface area contributed by atoms with E-state index in [1.807, 2.05) is 37.3 Å². The van der Waals surface area contributed by atoms with Gasteiger partial charge in [0, 0.05) is 36.9 Å². The summed E-state index contributed by atoms with van der Waals surface area (Å²) in [4.78, 5) is 48.6. The molecule has 1 aliphatic carbocycles. The number of hydrogen-bond donors (Lipinski definition) is 2. The maximum atomic E-state index is 13.2. The molecule has 1 saturated carbocycles. The highest BCUT2D eigenvalue weighted by atomic mass is 16.5. The van der Waals surface area contributed by atoms with Gasteiger partial charge in [-0.3, -0.25) is 14.4 Å². The molecule has 2 heterocycles. The summed E-state index contributed by atoms with van der Waals surface area (Å²) in [7, 11) is 1.62. The lowest BCUT2D eigenvalue weighted by Gasteiger charge is -2.34. The Balaban J connectivity index is 1.28.